The van der Waals surface area contributed by atoms with Gasteiger partial charge in [-0.2, -0.15) is 0 Å². The third kappa shape index (κ3) is 4.04. The van der Waals surface area contributed by atoms with Gasteiger partial charge in [0.2, 0.25) is 0 Å². The summed E-state index contributed by atoms with van der Waals surface area (Å²) in [6.07, 6.45) is 5.47. The summed E-state index contributed by atoms with van der Waals surface area (Å²) in [6.45, 7) is 11.0. The SMILES string of the molecule is Cl.Cl.[CH2]=[Ti]([O]c1c(C)c(C)c(C)c([SiH3])c1C)[C]1=C(C)C=CC1. The molecule has 0 amide bonds. The van der Waals surface area contributed by atoms with Crippen molar-refractivity contribution in [3.05, 3.63) is 43.9 Å². The number of allylic oxidation sites excluding steroid dienone is 4. The Morgan fingerprint density at radius 3 is 2.09 bits per heavy atom. The Bertz CT molecular complexity index is 634. The molecule has 0 spiro atoms. The fourth-order valence-electron chi connectivity index (χ4n) is 2.75. The summed E-state index contributed by atoms with van der Waals surface area (Å²) in [4.78, 5) is 4.39. The average Bonchev–Trinajstić information content (AvgIpc) is 2.85. The molecule has 0 fully saturated rings. The Kier molecular flexibility index (Phi) is 8.61. The maximum atomic E-state index is 6.43. The standard InChI is InChI=1S/C10H16OSi.C6H7.CH2.2ClH.Ti/c1-5-6(2)9(11)8(4)10(12)7(5)3;1-6-4-2-3-5-6;;;;/h11H,1-4,12H3;2,4H,3H2,1H3;1H2;2*1H;/q;;;;;+1/p-1. The van der Waals surface area contributed by atoms with Crippen LogP contribution in [0.2, 0.25) is 0 Å². The molecule has 5 heteroatoms. The van der Waals surface area contributed by atoms with Crippen LogP contribution in [0.4, 0.5) is 0 Å². The van der Waals surface area contributed by atoms with Crippen LogP contribution >= 0.6 is 24.8 Å². The van der Waals surface area contributed by atoms with Gasteiger partial charge in [0.05, 0.1) is 0 Å². The van der Waals surface area contributed by atoms with Crippen LogP contribution in [0.3, 0.4) is 0 Å². The Balaban J connectivity index is 0.00000220. The molecule has 122 valence electrons. The number of rotatable bonds is 3. The Hall–Kier alpha value is -0.119. The molecule has 0 radical (unpaired) electrons. The molecular formula is C17H26Cl2OSiTi. The molecule has 0 N–H and O–H groups in total. The second-order valence-corrected chi connectivity index (χ2v) is 9.33. The summed E-state index contributed by atoms with van der Waals surface area (Å²) in [5.74, 6) is 1.12. The summed E-state index contributed by atoms with van der Waals surface area (Å²) in [5.41, 5.74) is 6.85. The van der Waals surface area contributed by atoms with Gasteiger partial charge in [-0.25, -0.2) is 0 Å². The summed E-state index contributed by atoms with van der Waals surface area (Å²) in [6, 6.07) is 0. The van der Waals surface area contributed by atoms with Gasteiger partial charge in [-0.15, -0.1) is 24.8 Å². The van der Waals surface area contributed by atoms with E-state index >= 15 is 0 Å². The average molecular weight is 393 g/mol. The van der Waals surface area contributed by atoms with E-state index in [-0.39, 0.29) is 24.8 Å². The summed E-state index contributed by atoms with van der Waals surface area (Å²) >= 11 is -1.87. The van der Waals surface area contributed by atoms with Crippen molar-refractivity contribution in [2.45, 2.75) is 41.0 Å². The van der Waals surface area contributed by atoms with Gasteiger partial charge in [-0.05, 0) is 0 Å². The fourth-order valence-corrected chi connectivity index (χ4v) is 5.77. The second-order valence-electron chi connectivity index (χ2n) is 5.75. The van der Waals surface area contributed by atoms with Crippen molar-refractivity contribution in [1.82, 2.24) is 0 Å². The molecule has 0 bridgehead atoms. The number of benzene rings is 1. The van der Waals surface area contributed by atoms with Crippen molar-refractivity contribution in [3.63, 3.8) is 0 Å². The van der Waals surface area contributed by atoms with E-state index in [0.29, 0.717) is 0 Å². The van der Waals surface area contributed by atoms with Crippen molar-refractivity contribution in [3.8, 4) is 5.75 Å². The Morgan fingerprint density at radius 1 is 1.00 bits per heavy atom. The number of hydrogen-bond acceptors (Lipinski definition) is 1. The molecule has 1 nitrogen and oxygen atoms in total. The molecule has 0 saturated carbocycles. The molecule has 1 aromatic rings. The van der Waals surface area contributed by atoms with E-state index in [1.807, 2.05) is 0 Å². The topological polar surface area (TPSA) is 9.23 Å². The molecule has 0 saturated heterocycles. The normalized spacial score (nSPS) is 13.0. The van der Waals surface area contributed by atoms with Crippen molar-refractivity contribution >= 4 is 45.1 Å². The van der Waals surface area contributed by atoms with E-state index < -0.39 is 17.8 Å². The van der Waals surface area contributed by atoms with Crippen LogP contribution in [0.5, 0.6) is 5.75 Å². The first-order valence-corrected chi connectivity index (χ1v) is 10.7. The minimum absolute atomic E-state index is 0. The first-order valence-electron chi connectivity index (χ1n) is 7.15. The zero-order valence-corrected chi connectivity index (χ0v) is 19.5. The van der Waals surface area contributed by atoms with Gasteiger partial charge in [0, 0.05) is 0 Å². The van der Waals surface area contributed by atoms with E-state index in [1.54, 1.807) is 0 Å². The van der Waals surface area contributed by atoms with Gasteiger partial charge >= 0.3 is 132 Å². The van der Waals surface area contributed by atoms with Crippen LogP contribution in [0, 0.1) is 27.7 Å². The van der Waals surface area contributed by atoms with E-state index in [9.17, 15) is 0 Å². The summed E-state index contributed by atoms with van der Waals surface area (Å²) in [5, 5.41) is 1.49. The first-order chi connectivity index (χ1) is 9.34. The van der Waals surface area contributed by atoms with E-state index in [0.717, 1.165) is 22.4 Å². The molecule has 2 rings (SSSR count). The second kappa shape index (κ2) is 8.65. The number of hydrogen-bond donors (Lipinski definition) is 0. The fraction of sp³-hybridized carbons (Fsp3) is 0.353. The van der Waals surface area contributed by atoms with Crippen molar-refractivity contribution < 1.29 is 21.1 Å². The molecule has 1 aliphatic rings. The predicted molar refractivity (Wildman–Crippen MR) is 104 cm³/mol. The maximum absolute atomic E-state index is 6.43. The summed E-state index contributed by atoms with van der Waals surface area (Å²) < 4.78 is 7.90. The van der Waals surface area contributed by atoms with Crippen LogP contribution < -0.4 is 8.51 Å². The molecule has 0 heterocycles. The van der Waals surface area contributed by atoms with Gasteiger partial charge in [0.25, 0.3) is 0 Å². The predicted octanol–water partition coefficient (Wildman–Crippen LogP) is 3.33. The Morgan fingerprint density at radius 2 is 1.59 bits per heavy atom. The molecule has 0 aromatic heterocycles. The molecule has 0 aliphatic heterocycles. The minimum atomic E-state index is -1.87. The zero-order valence-electron chi connectivity index (χ0n) is 14.3. The van der Waals surface area contributed by atoms with Crippen LogP contribution in [-0.4, -0.2) is 15.1 Å². The van der Waals surface area contributed by atoms with Gasteiger partial charge in [-0.3, -0.25) is 0 Å². The van der Waals surface area contributed by atoms with Crippen LogP contribution in [0.1, 0.15) is 35.6 Å². The quantitative estimate of drug-likeness (QED) is 0.716. The molecule has 1 aromatic carbocycles. The van der Waals surface area contributed by atoms with E-state index in [4.69, 9.17) is 3.32 Å². The zero-order chi connectivity index (χ0) is 15.0. The van der Waals surface area contributed by atoms with Crippen molar-refractivity contribution in [2.24, 2.45) is 0 Å². The van der Waals surface area contributed by atoms with Crippen molar-refractivity contribution in [2.75, 3.05) is 0 Å². The van der Waals surface area contributed by atoms with Crippen LogP contribution in [0.15, 0.2) is 21.6 Å². The van der Waals surface area contributed by atoms with Crippen LogP contribution in [-0.2, 0) is 17.8 Å². The van der Waals surface area contributed by atoms with Gasteiger partial charge in [-0.1, -0.05) is 0 Å². The monoisotopic (exact) mass is 392 g/mol. The van der Waals surface area contributed by atoms with Gasteiger partial charge < -0.3 is 0 Å². The summed E-state index contributed by atoms with van der Waals surface area (Å²) in [7, 11) is 1.07. The molecule has 1 aliphatic carbocycles. The van der Waals surface area contributed by atoms with Gasteiger partial charge in [0.1, 0.15) is 0 Å². The number of halogens is 2. The Labute approximate surface area is 156 Å². The molecular weight excluding hydrogens is 367 g/mol. The third-order valence-corrected chi connectivity index (χ3v) is 8.85. The van der Waals surface area contributed by atoms with E-state index in [1.165, 1.54) is 36.9 Å². The van der Waals surface area contributed by atoms with Crippen molar-refractivity contribution in [1.29, 1.82) is 0 Å². The first kappa shape index (κ1) is 21.9. The van der Waals surface area contributed by atoms with E-state index in [2.05, 4.69) is 51.6 Å². The molecule has 22 heavy (non-hydrogen) atoms. The van der Waals surface area contributed by atoms with Gasteiger partial charge in [0.15, 0.2) is 0 Å². The van der Waals surface area contributed by atoms with Crippen LogP contribution in [0.25, 0.3) is 0 Å². The molecule has 0 atom stereocenters. The third-order valence-electron chi connectivity index (χ3n) is 4.66. The molecule has 0 unspecified atom stereocenters.